The summed E-state index contributed by atoms with van der Waals surface area (Å²) in [4.78, 5) is 17.3. The molecular formula is C22H20N4OS. The molecule has 1 N–H and O–H groups in total. The Morgan fingerprint density at radius 2 is 1.93 bits per heavy atom. The summed E-state index contributed by atoms with van der Waals surface area (Å²) in [5, 5.41) is 12.6. The molecule has 3 aromatic rings. The number of carbonyl (C=O) groups excluding carboxylic acids is 1. The Balaban J connectivity index is 1.53. The molecule has 0 radical (unpaired) electrons. The van der Waals surface area contributed by atoms with Crippen molar-refractivity contribution in [3.63, 3.8) is 0 Å². The van der Waals surface area contributed by atoms with E-state index in [0.717, 1.165) is 29.3 Å². The second-order valence-corrected chi connectivity index (χ2v) is 8.11. The van der Waals surface area contributed by atoms with Gasteiger partial charge in [0.05, 0.1) is 28.4 Å². The number of aromatic nitrogens is 2. The molecule has 28 heavy (non-hydrogen) atoms. The monoisotopic (exact) mass is 388 g/mol. The van der Waals surface area contributed by atoms with Crippen LogP contribution in [0.2, 0.25) is 0 Å². The summed E-state index contributed by atoms with van der Waals surface area (Å²) in [6, 6.07) is 19.8. The van der Waals surface area contributed by atoms with E-state index in [1.165, 1.54) is 11.8 Å². The fraction of sp³-hybridized carbons (Fsp3) is 0.227. The minimum absolute atomic E-state index is 0.140. The number of nitrogens with zero attached hydrogens (tertiary/aromatic N) is 3. The first kappa shape index (κ1) is 18.3. The van der Waals surface area contributed by atoms with Crippen molar-refractivity contribution in [2.45, 2.75) is 36.2 Å². The second kappa shape index (κ2) is 7.91. The van der Waals surface area contributed by atoms with Crippen LogP contribution in [0.15, 0.2) is 66.0 Å². The third-order valence-electron chi connectivity index (χ3n) is 4.70. The van der Waals surface area contributed by atoms with E-state index in [1.54, 1.807) is 24.3 Å². The second-order valence-electron chi connectivity index (χ2n) is 6.80. The molecule has 0 spiro atoms. The van der Waals surface area contributed by atoms with Gasteiger partial charge in [-0.05, 0) is 37.5 Å². The van der Waals surface area contributed by atoms with Gasteiger partial charge >= 0.3 is 0 Å². The molecule has 1 aliphatic carbocycles. The van der Waals surface area contributed by atoms with Gasteiger partial charge in [0.1, 0.15) is 6.07 Å². The average molecular weight is 388 g/mol. The van der Waals surface area contributed by atoms with Gasteiger partial charge in [-0.2, -0.15) is 5.26 Å². The number of rotatable bonds is 6. The first-order chi connectivity index (χ1) is 13.7. The van der Waals surface area contributed by atoms with Crippen molar-refractivity contribution in [3.8, 4) is 17.3 Å². The molecule has 1 amide bonds. The predicted molar refractivity (Wildman–Crippen MR) is 111 cm³/mol. The van der Waals surface area contributed by atoms with Gasteiger partial charge in [-0.15, -0.1) is 0 Å². The van der Waals surface area contributed by atoms with E-state index in [2.05, 4.69) is 33.1 Å². The smallest absolute Gasteiger partial charge is 0.237 e. The highest BCUT2D eigenvalue weighted by atomic mass is 32.2. The third kappa shape index (κ3) is 3.80. The molecule has 140 valence electrons. The van der Waals surface area contributed by atoms with E-state index >= 15 is 0 Å². The van der Waals surface area contributed by atoms with Crippen LogP contribution in [-0.4, -0.2) is 20.7 Å². The molecular weight excluding hydrogens is 368 g/mol. The Hall–Kier alpha value is -3.04. The number of anilines is 1. The summed E-state index contributed by atoms with van der Waals surface area (Å²) < 4.78 is 2.26. The van der Waals surface area contributed by atoms with Crippen LogP contribution < -0.4 is 5.32 Å². The number of nitrogens with one attached hydrogen (secondary N) is 1. The van der Waals surface area contributed by atoms with Gasteiger partial charge in [-0.25, -0.2) is 4.98 Å². The Kier molecular flexibility index (Phi) is 5.18. The Morgan fingerprint density at radius 3 is 2.64 bits per heavy atom. The first-order valence-electron chi connectivity index (χ1n) is 9.26. The molecule has 0 aliphatic heterocycles. The third-order valence-corrected chi connectivity index (χ3v) is 5.78. The van der Waals surface area contributed by atoms with Crippen molar-refractivity contribution in [2.24, 2.45) is 0 Å². The Labute approximate surface area is 168 Å². The van der Waals surface area contributed by atoms with Crippen LogP contribution in [0.1, 0.15) is 31.4 Å². The Morgan fingerprint density at radius 1 is 1.21 bits per heavy atom. The highest BCUT2D eigenvalue weighted by Crippen LogP contribution is 2.42. The number of para-hydroxylation sites is 1. The lowest BCUT2D eigenvalue weighted by Crippen LogP contribution is -2.23. The van der Waals surface area contributed by atoms with Crippen LogP contribution in [0.25, 0.3) is 11.3 Å². The van der Waals surface area contributed by atoms with Crippen LogP contribution in [0.3, 0.4) is 0 Å². The highest BCUT2D eigenvalue weighted by Gasteiger charge is 2.30. The zero-order valence-corrected chi connectivity index (χ0v) is 16.3. The molecule has 1 aliphatic rings. The normalized spacial score (nSPS) is 14.3. The summed E-state index contributed by atoms with van der Waals surface area (Å²) in [5.41, 5.74) is 3.22. The molecule has 2 aromatic carbocycles. The SMILES string of the molecule is C[C@@H](Sc1ncc(-c2ccccc2)n1C1CC1)C(=O)Nc1ccccc1C#N. The molecule has 0 bridgehead atoms. The number of benzene rings is 2. The maximum Gasteiger partial charge on any atom is 0.237 e. The topological polar surface area (TPSA) is 70.7 Å². The number of thioether (sulfide) groups is 1. The maximum absolute atomic E-state index is 12.7. The van der Waals surface area contributed by atoms with Gasteiger partial charge < -0.3 is 9.88 Å². The number of carbonyl (C=O) groups is 1. The van der Waals surface area contributed by atoms with Crippen molar-refractivity contribution in [3.05, 3.63) is 66.4 Å². The van der Waals surface area contributed by atoms with Crippen molar-refractivity contribution in [1.82, 2.24) is 9.55 Å². The first-order valence-corrected chi connectivity index (χ1v) is 10.1. The number of amides is 1. The van der Waals surface area contributed by atoms with E-state index in [1.807, 2.05) is 31.3 Å². The van der Waals surface area contributed by atoms with Gasteiger partial charge in [0.25, 0.3) is 0 Å². The molecule has 5 nitrogen and oxygen atoms in total. The van der Waals surface area contributed by atoms with E-state index in [0.29, 0.717) is 17.3 Å². The zero-order chi connectivity index (χ0) is 19.5. The van der Waals surface area contributed by atoms with Gasteiger partial charge in [0.2, 0.25) is 5.91 Å². The molecule has 0 unspecified atom stereocenters. The molecule has 1 aromatic heterocycles. The lowest BCUT2D eigenvalue weighted by atomic mass is 10.2. The predicted octanol–water partition coefficient (Wildman–Crippen LogP) is 4.88. The lowest BCUT2D eigenvalue weighted by molar-refractivity contribution is -0.115. The van der Waals surface area contributed by atoms with E-state index in [9.17, 15) is 10.1 Å². The van der Waals surface area contributed by atoms with Crippen LogP contribution in [-0.2, 0) is 4.79 Å². The standard InChI is InChI=1S/C22H20N4OS/c1-15(21(27)25-19-10-6-5-9-17(19)13-23)28-22-24-14-20(26(22)18-11-12-18)16-7-3-2-4-8-16/h2-10,14-15,18H,11-12H2,1H3,(H,25,27)/t15-/m1/s1. The summed E-state index contributed by atoms with van der Waals surface area (Å²) in [7, 11) is 0. The van der Waals surface area contributed by atoms with Crippen LogP contribution >= 0.6 is 11.8 Å². The molecule has 4 rings (SSSR count). The van der Waals surface area contributed by atoms with Crippen molar-refractivity contribution in [1.29, 1.82) is 5.26 Å². The van der Waals surface area contributed by atoms with Crippen molar-refractivity contribution < 1.29 is 4.79 Å². The molecule has 0 saturated heterocycles. The van der Waals surface area contributed by atoms with Gasteiger partial charge in [0, 0.05) is 6.04 Å². The van der Waals surface area contributed by atoms with Crippen molar-refractivity contribution >= 4 is 23.4 Å². The van der Waals surface area contributed by atoms with E-state index < -0.39 is 0 Å². The van der Waals surface area contributed by atoms with Crippen molar-refractivity contribution in [2.75, 3.05) is 5.32 Å². The van der Waals surface area contributed by atoms with Crippen LogP contribution in [0, 0.1) is 11.3 Å². The fourth-order valence-corrected chi connectivity index (χ4v) is 4.03. The Bertz CT molecular complexity index is 1030. The maximum atomic E-state index is 12.7. The highest BCUT2D eigenvalue weighted by molar-refractivity contribution is 8.00. The van der Waals surface area contributed by atoms with Gasteiger partial charge in [0.15, 0.2) is 5.16 Å². The average Bonchev–Trinajstić information content (AvgIpc) is 3.49. The minimum atomic E-state index is -0.338. The molecule has 1 heterocycles. The zero-order valence-electron chi connectivity index (χ0n) is 15.5. The number of hydrogen-bond donors (Lipinski definition) is 1. The van der Waals surface area contributed by atoms with Gasteiger partial charge in [-0.3, -0.25) is 4.79 Å². The molecule has 1 fully saturated rings. The number of hydrogen-bond acceptors (Lipinski definition) is 4. The summed E-state index contributed by atoms with van der Waals surface area (Å²) in [6.45, 7) is 1.86. The van der Waals surface area contributed by atoms with Crippen LogP contribution in [0.4, 0.5) is 5.69 Å². The van der Waals surface area contributed by atoms with E-state index in [-0.39, 0.29) is 11.2 Å². The fourth-order valence-electron chi connectivity index (χ4n) is 3.07. The number of nitriles is 1. The minimum Gasteiger partial charge on any atom is -0.324 e. The molecule has 1 atom stereocenters. The summed E-state index contributed by atoms with van der Waals surface area (Å²) >= 11 is 1.45. The van der Waals surface area contributed by atoms with Gasteiger partial charge in [-0.1, -0.05) is 54.2 Å². The van der Waals surface area contributed by atoms with E-state index in [4.69, 9.17) is 0 Å². The number of imidazole rings is 1. The largest absolute Gasteiger partial charge is 0.324 e. The summed E-state index contributed by atoms with van der Waals surface area (Å²) in [6.07, 6.45) is 4.17. The van der Waals surface area contributed by atoms with Crippen LogP contribution in [0.5, 0.6) is 0 Å². The summed E-state index contributed by atoms with van der Waals surface area (Å²) in [5.74, 6) is -0.140. The lowest BCUT2D eigenvalue weighted by Gasteiger charge is -2.15. The molecule has 1 saturated carbocycles. The quantitative estimate of drug-likeness (QED) is 0.611. The molecule has 6 heteroatoms.